The average Bonchev–Trinajstić information content (AvgIpc) is 2.46. The Balaban J connectivity index is 2.84. The maximum absolute atomic E-state index is 12.7. The van der Waals surface area contributed by atoms with Gasteiger partial charge >= 0.3 is 5.97 Å². The quantitative estimate of drug-likeness (QED) is 0.430. The van der Waals surface area contributed by atoms with Gasteiger partial charge in [-0.3, -0.25) is 0 Å². The molecule has 0 aliphatic heterocycles. The van der Waals surface area contributed by atoms with Crippen LogP contribution in [0.5, 0.6) is 0 Å². The molecule has 1 aromatic rings. The summed E-state index contributed by atoms with van der Waals surface area (Å²) in [5.41, 5.74) is 2.75. The van der Waals surface area contributed by atoms with Crippen molar-refractivity contribution in [1.82, 2.24) is 4.90 Å². The van der Waals surface area contributed by atoms with E-state index >= 15 is 0 Å². The van der Waals surface area contributed by atoms with Crippen LogP contribution in [0.25, 0.3) is 0 Å². The van der Waals surface area contributed by atoms with E-state index in [1.54, 1.807) is 25.4 Å². The second kappa shape index (κ2) is 8.04. The molecular weight excluding hydrogens is 302 g/mol. The van der Waals surface area contributed by atoms with Crippen molar-refractivity contribution in [2.45, 2.75) is 40.0 Å². The highest BCUT2D eigenvalue weighted by atomic mass is 19.3. The highest BCUT2D eigenvalue weighted by molar-refractivity contribution is 5.92. The van der Waals surface area contributed by atoms with Crippen molar-refractivity contribution in [1.29, 1.82) is 0 Å². The van der Waals surface area contributed by atoms with Gasteiger partial charge < -0.3 is 9.64 Å². The third-order valence-corrected chi connectivity index (χ3v) is 3.65. The number of esters is 1. The highest BCUT2D eigenvalue weighted by Gasteiger charge is 2.22. The van der Waals surface area contributed by atoms with Crippen LogP contribution in [0.2, 0.25) is 0 Å². The van der Waals surface area contributed by atoms with Crippen molar-refractivity contribution in [3.8, 4) is 0 Å². The number of carbonyl (C=O) groups excluding carboxylic acids is 1. The molecule has 1 rings (SSSR count). The van der Waals surface area contributed by atoms with E-state index in [-0.39, 0.29) is 6.61 Å². The third kappa shape index (κ3) is 5.96. The van der Waals surface area contributed by atoms with Crippen molar-refractivity contribution in [2.24, 2.45) is 4.99 Å². The van der Waals surface area contributed by atoms with Gasteiger partial charge in [0.2, 0.25) is 5.92 Å². The van der Waals surface area contributed by atoms with E-state index in [0.29, 0.717) is 5.56 Å². The standard InChI is InChI=1S/C17H24F2N2O2/c1-6-21(5)11-20-15-8-7-14(12(2)13(15)3)16(22)23-10-9-17(4,18)19/h7-8,11H,6,9-10H2,1-5H3. The summed E-state index contributed by atoms with van der Waals surface area (Å²) in [4.78, 5) is 18.3. The summed E-state index contributed by atoms with van der Waals surface area (Å²) in [6.45, 7) is 7.02. The van der Waals surface area contributed by atoms with Crippen LogP contribution < -0.4 is 0 Å². The molecule has 1 aromatic carbocycles. The van der Waals surface area contributed by atoms with Gasteiger partial charge in [0.1, 0.15) is 0 Å². The molecule has 4 nitrogen and oxygen atoms in total. The normalized spacial score (nSPS) is 11.8. The zero-order chi connectivity index (χ0) is 17.6. The topological polar surface area (TPSA) is 41.9 Å². The van der Waals surface area contributed by atoms with Gasteiger partial charge in [0.25, 0.3) is 0 Å². The molecule has 0 amide bonds. The highest BCUT2D eigenvalue weighted by Crippen LogP contribution is 2.25. The molecule has 6 heteroatoms. The summed E-state index contributed by atoms with van der Waals surface area (Å²) < 4.78 is 30.4. The van der Waals surface area contributed by atoms with Crippen molar-refractivity contribution in [2.75, 3.05) is 20.2 Å². The van der Waals surface area contributed by atoms with E-state index in [2.05, 4.69) is 4.99 Å². The molecule has 0 aliphatic carbocycles. The second-order valence-corrected chi connectivity index (χ2v) is 5.66. The van der Waals surface area contributed by atoms with Gasteiger partial charge in [-0.2, -0.15) is 0 Å². The van der Waals surface area contributed by atoms with Crippen LogP contribution >= 0.6 is 0 Å². The Morgan fingerprint density at radius 3 is 2.57 bits per heavy atom. The number of halogens is 2. The molecule has 0 heterocycles. The SMILES string of the molecule is CCN(C)C=Nc1ccc(C(=O)OCCC(C)(F)F)c(C)c1C. The van der Waals surface area contributed by atoms with Crippen LogP contribution in [-0.2, 0) is 4.74 Å². The summed E-state index contributed by atoms with van der Waals surface area (Å²) in [7, 11) is 1.92. The number of hydrogen-bond acceptors (Lipinski definition) is 3. The monoisotopic (exact) mass is 326 g/mol. The van der Waals surface area contributed by atoms with Crippen LogP contribution in [-0.4, -0.2) is 43.3 Å². The fraction of sp³-hybridized carbons (Fsp3) is 0.529. The summed E-state index contributed by atoms with van der Waals surface area (Å²) in [5.74, 6) is -3.43. The van der Waals surface area contributed by atoms with E-state index < -0.39 is 18.3 Å². The van der Waals surface area contributed by atoms with Gasteiger partial charge in [-0.25, -0.2) is 18.6 Å². The summed E-state index contributed by atoms with van der Waals surface area (Å²) >= 11 is 0. The Hall–Kier alpha value is -1.98. The van der Waals surface area contributed by atoms with E-state index in [1.165, 1.54) is 0 Å². The molecule has 0 aromatic heterocycles. The molecule has 128 valence electrons. The van der Waals surface area contributed by atoms with Crippen LogP contribution in [0.15, 0.2) is 17.1 Å². The maximum atomic E-state index is 12.7. The van der Waals surface area contributed by atoms with Gasteiger partial charge in [0.15, 0.2) is 0 Å². The van der Waals surface area contributed by atoms with Gasteiger partial charge in [0, 0.05) is 20.0 Å². The molecule has 0 saturated carbocycles. The lowest BCUT2D eigenvalue weighted by atomic mass is 10.0. The zero-order valence-electron chi connectivity index (χ0n) is 14.3. The Morgan fingerprint density at radius 2 is 2.00 bits per heavy atom. The number of ether oxygens (including phenoxy) is 1. The molecule has 0 N–H and O–H groups in total. The molecule has 0 saturated heterocycles. The largest absolute Gasteiger partial charge is 0.462 e. The number of nitrogens with zero attached hydrogens (tertiary/aromatic N) is 2. The molecule has 0 fully saturated rings. The minimum absolute atomic E-state index is 0.304. The van der Waals surface area contributed by atoms with Gasteiger partial charge in [-0.05, 0) is 51.0 Å². The average molecular weight is 326 g/mol. The summed E-state index contributed by atoms with van der Waals surface area (Å²) in [6, 6.07) is 3.35. The Morgan fingerprint density at radius 1 is 1.35 bits per heavy atom. The van der Waals surface area contributed by atoms with Crippen LogP contribution in [0.1, 0.15) is 41.8 Å². The third-order valence-electron chi connectivity index (χ3n) is 3.65. The van der Waals surface area contributed by atoms with Gasteiger partial charge in [-0.1, -0.05) is 0 Å². The maximum Gasteiger partial charge on any atom is 0.338 e. The second-order valence-electron chi connectivity index (χ2n) is 5.66. The number of benzene rings is 1. The number of alkyl halides is 2. The molecule has 23 heavy (non-hydrogen) atoms. The lowest BCUT2D eigenvalue weighted by Crippen LogP contribution is -2.16. The summed E-state index contributed by atoms with van der Waals surface area (Å²) in [5, 5.41) is 0. The predicted octanol–water partition coefficient (Wildman–Crippen LogP) is 4.12. The number of rotatable bonds is 7. The van der Waals surface area contributed by atoms with Crippen LogP contribution in [0, 0.1) is 13.8 Å². The number of carbonyl (C=O) groups is 1. The molecule has 0 atom stereocenters. The van der Waals surface area contributed by atoms with E-state index in [1.807, 2.05) is 25.8 Å². The summed E-state index contributed by atoms with van der Waals surface area (Å²) in [6.07, 6.45) is 1.24. The predicted molar refractivity (Wildman–Crippen MR) is 87.9 cm³/mol. The molecule has 0 bridgehead atoms. The van der Waals surface area contributed by atoms with E-state index in [0.717, 1.165) is 30.3 Å². The first kappa shape index (κ1) is 19.1. The molecule has 0 unspecified atom stereocenters. The van der Waals surface area contributed by atoms with Crippen LogP contribution in [0.4, 0.5) is 14.5 Å². The van der Waals surface area contributed by atoms with Crippen molar-refractivity contribution >= 4 is 18.0 Å². The molecule has 0 radical (unpaired) electrons. The molecular formula is C17H24F2N2O2. The van der Waals surface area contributed by atoms with Crippen molar-refractivity contribution in [3.63, 3.8) is 0 Å². The Bertz CT molecular complexity index is 581. The molecule has 0 aliphatic rings. The van der Waals surface area contributed by atoms with Crippen LogP contribution in [0.3, 0.4) is 0 Å². The van der Waals surface area contributed by atoms with E-state index in [4.69, 9.17) is 4.74 Å². The Labute approximate surface area is 136 Å². The number of hydrogen-bond donors (Lipinski definition) is 0. The van der Waals surface area contributed by atoms with Gasteiger partial charge in [-0.15, -0.1) is 0 Å². The first-order valence-corrected chi connectivity index (χ1v) is 7.55. The minimum Gasteiger partial charge on any atom is -0.462 e. The van der Waals surface area contributed by atoms with Gasteiger partial charge in [0.05, 0.1) is 24.2 Å². The van der Waals surface area contributed by atoms with E-state index in [9.17, 15) is 13.6 Å². The Kier molecular flexibility index (Phi) is 6.66. The molecule has 0 spiro atoms. The van der Waals surface area contributed by atoms with Crippen molar-refractivity contribution < 1.29 is 18.3 Å². The first-order chi connectivity index (χ1) is 10.7. The lowest BCUT2D eigenvalue weighted by Gasteiger charge is -2.13. The van der Waals surface area contributed by atoms with Crippen molar-refractivity contribution in [3.05, 3.63) is 28.8 Å². The smallest absolute Gasteiger partial charge is 0.338 e. The first-order valence-electron chi connectivity index (χ1n) is 7.55. The minimum atomic E-state index is -2.84. The fourth-order valence-corrected chi connectivity index (χ4v) is 1.81. The number of aliphatic imine (C=N–C) groups is 1. The lowest BCUT2D eigenvalue weighted by molar-refractivity contribution is -0.0109. The zero-order valence-corrected chi connectivity index (χ0v) is 14.3. The fourth-order valence-electron chi connectivity index (χ4n) is 1.81.